The molecule has 0 heterocycles. The number of nitrogens with one attached hydrogen (secondary N) is 2. The summed E-state index contributed by atoms with van der Waals surface area (Å²) in [7, 11) is 0. The Balaban J connectivity index is 3.98. The SMILES string of the molecule is CC(CC(F)(F)F)NC(=O)NC(C)(C)C. The van der Waals surface area contributed by atoms with E-state index >= 15 is 0 Å². The summed E-state index contributed by atoms with van der Waals surface area (Å²) in [6.45, 7) is 6.57. The molecule has 0 aromatic heterocycles. The van der Waals surface area contributed by atoms with Crippen LogP contribution in [0.4, 0.5) is 18.0 Å². The maximum Gasteiger partial charge on any atom is 0.391 e. The molecule has 0 bridgehead atoms. The second-order valence-corrected chi connectivity index (χ2v) is 4.57. The molecule has 1 unspecified atom stereocenters. The Bertz CT molecular complexity index is 220. The molecular formula is C9H17F3N2O. The van der Waals surface area contributed by atoms with Gasteiger partial charge in [0.2, 0.25) is 0 Å². The average molecular weight is 226 g/mol. The van der Waals surface area contributed by atoms with E-state index < -0.39 is 30.2 Å². The van der Waals surface area contributed by atoms with Gasteiger partial charge in [-0.2, -0.15) is 13.2 Å². The number of hydrogen-bond acceptors (Lipinski definition) is 1. The molecule has 0 aliphatic rings. The van der Waals surface area contributed by atoms with Gasteiger partial charge in [0, 0.05) is 11.6 Å². The van der Waals surface area contributed by atoms with Crippen molar-refractivity contribution in [2.24, 2.45) is 0 Å². The molecule has 0 saturated heterocycles. The second kappa shape index (κ2) is 4.72. The van der Waals surface area contributed by atoms with Gasteiger partial charge in [-0.1, -0.05) is 0 Å². The van der Waals surface area contributed by atoms with E-state index in [1.165, 1.54) is 6.92 Å². The van der Waals surface area contributed by atoms with Crippen LogP contribution in [0.1, 0.15) is 34.1 Å². The van der Waals surface area contributed by atoms with E-state index in [-0.39, 0.29) is 0 Å². The molecule has 3 nitrogen and oxygen atoms in total. The van der Waals surface area contributed by atoms with Gasteiger partial charge < -0.3 is 10.6 Å². The molecule has 15 heavy (non-hydrogen) atoms. The minimum atomic E-state index is -4.26. The first-order valence-corrected chi connectivity index (χ1v) is 4.65. The monoisotopic (exact) mass is 226 g/mol. The minimum absolute atomic E-state index is 0.456. The number of alkyl halides is 3. The van der Waals surface area contributed by atoms with Crippen LogP contribution < -0.4 is 10.6 Å². The predicted molar refractivity (Wildman–Crippen MR) is 51.6 cm³/mol. The standard InChI is InChI=1S/C9H17F3N2O/c1-6(5-9(10,11)12)13-7(15)14-8(2,3)4/h6H,5H2,1-4H3,(H2,13,14,15). The lowest BCUT2D eigenvalue weighted by Crippen LogP contribution is -2.49. The third-order valence-electron chi connectivity index (χ3n) is 1.40. The van der Waals surface area contributed by atoms with Gasteiger partial charge in [-0.25, -0.2) is 4.79 Å². The molecule has 0 rings (SSSR count). The van der Waals surface area contributed by atoms with E-state index in [1.54, 1.807) is 20.8 Å². The van der Waals surface area contributed by atoms with Gasteiger partial charge in [0.1, 0.15) is 0 Å². The lowest BCUT2D eigenvalue weighted by Gasteiger charge is -2.23. The molecule has 90 valence electrons. The molecule has 6 heteroatoms. The molecule has 0 fully saturated rings. The van der Waals surface area contributed by atoms with Crippen LogP contribution >= 0.6 is 0 Å². The summed E-state index contributed by atoms with van der Waals surface area (Å²) in [4.78, 5) is 11.2. The van der Waals surface area contributed by atoms with E-state index in [1.807, 2.05) is 0 Å². The minimum Gasteiger partial charge on any atom is -0.335 e. The third kappa shape index (κ3) is 9.37. The Kier molecular flexibility index (Phi) is 4.42. The number of rotatable bonds is 2. The normalized spacial score (nSPS) is 14.6. The number of amides is 2. The number of urea groups is 1. The van der Waals surface area contributed by atoms with Crippen LogP contribution in [0.25, 0.3) is 0 Å². The van der Waals surface area contributed by atoms with Crippen molar-refractivity contribution in [3.63, 3.8) is 0 Å². The van der Waals surface area contributed by atoms with Crippen molar-refractivity contribution in [3.05, 3.63) is 0 Å². The Morgan fingerprint density at radius 1 is 1.27 bits per heavy atom. The number of carbonyl (C=O) groups is 1. The van der Waals surface area contributed by atoms with Crippen molar-refractivity contribution in [1.29, 1.82) is 0 Å². The van der Waals surface area contributed by atoms with Crippen molar-refractivity contribution in [3.8, 4) is 0 Å². The van der Waals surface area contributed by atoms with E-state index in [2.05, 4.69) is 10.6 Å². The van der Waals surface area contributed by atoms with Crippen LogP contribution in [0, 0.1) is 0 Å². The van der Waals surface area contributed by atoms with Crippen molar-refractivity contribution < 1.29 is 18.0 Å². The van der Waals surface area contributed by atoms with Gasteiger partial charge >= 0.3 is 12.2 Å². The summed E-state index contributed by atoms with van der Waals surface area (Å²) in [6, 6.07) is -1.51. The smallest absolute Gasteiger partial charge is 0.335 e. The summed E-state index contributed by atoms with van der Waals surface area (Å²) >= 11 is 0. The van der Waals surface area contributed by atoms with Crippen LogP contribution in [0.15, 0.2) is 0 Å². The second-order valence-electron chi connectivity index (χ2n) is 4.57. The molecule has 2 N–H and O–H groups in total. The summed E-state index contributed by atoms with van der Waals surface area (Å²) in [5, 5.41) is 4.74. The van der Waals surface area contributed by atoms with E-state index in [0.717, 1.165) is 0 Å². The molecule has 0 aromatic carbocycles. The number of hydrogen-bond donors (Lipinski definition) is 2. The fraction of sp³-hybridized carbons (Fsp3) is 0.889. The zero-order valence-corrected chi connectivity index (χ0v) is 9.33. The highest BCUT2D eigenvalue weighted by Gasteiger charge is 2.30. The van der Waals surface area contributed by atoms with Crippen molar-refractivity contribution in [1.82, 2.24) is 10.6 Å². The molecule has 0 saturated carbocycles. The highest BCUT2D eigenvalue weighted by Crippen LogP contribution is 2.21. The van der Waals surface area contributed by atoms with E-state index in [9.17, 15) is 18.0 Å². The summed E-state index contributed by atoms with van der Waals surface area (Å²) < 4.78 is 35.8. The Labute approximate surface area is 87.4 Å². The highest BCUT2D eigenvalue weighted by atomic mass is 19.4. The van der Waals surface area contributed by atoms with Gasteiger partial charge in [-0.3, -0.25) is 0 Å². The summed E-state index contributed by atoms with van der Waals surface area (Å²) in [6.07, 6.45) is -5.28. The lowest BCUT2D eigenvalue weighted by atomic mass is 10.1. The maximum atomic E-state index is 11.9. The molecule has 0 radical (unpaired) electrons. The molecule has 0 aliphatic heterocycles. The van der Waals surface area contributed by atoms with Crippen LogP contribution in [-0.2, 0) is 0 Å². The predicted octanol–water partition coefficient (Wildman–Crippen LogP) is 2.43. The maximum absolute atomic E-state index is 11.9. The molecule has 1 atom stereocenters. The summed E-state index contributed by atoms with van der Waals surface area (Å²) in [5.41, 5.74) is -0.456. The van der Waals surface area contributed by atoms with Crippen molar-refractivity contribution >= 4 is 6.03 Å². The third-order valence-corrected chi connectivity index (χ3v) is 1.40. The average Bonchev–Trinajstić information content (AvgIpc) is 1.73. The first-order chi connectivity index (χ1) is 6.49. The van der Waals surface area contributed by atoms with Gasteiger partial charge in [-0.15, -0.1) is 0 Å². The van der Waals surface area contributed by atoms with Crippen LogP contribution in [-0.4, -0.2) is 23.8 Å². The van der Waals surface area contributed by atoms with E-state index in [0.29, 0.717) is 0 Å². The topological polar surface area (TPSA) is 41.1 Å². The Morgan fingerprint density at radius 2 is 1.73 bits per heavy atom. The lowest BCUT2D eigenvalue weighted by molar-refractivity contribution is -0.138. The molecule has 0 spiro atoms. The van der Waals surface area contributed by atoms with Gasteiger partial charge in [0.25, 0.3) is 0 Å². The largest absolute Gasteiger partial charge is 0.391 e. The Hall–Kier alpha value is -0.940. The number of halogens is 3. The fourth-order valence-electron chi connectivity index (χ4n) is 0.999. The van der Waals surface area contributed by atoms with Crippen molar-refractivity contribution in [2.75, 3.05) is 0 Å². The van der Waals surface area contributed by atoms with Gasteiger partial charge in [0.15, 0.2) is 0 Å². The van der Waals surface area contributed by atoms with E-state index in [4.69, 9.17) is 0 Å². The molecular weight excluding hydrogens is 209 g/mol. The molecule has 0 aliphatic carbocycles. The van der Waals surface area contributed by atoms with Crippen LogP contribution in [0.3, 0.4) is 0 Å². The summed E-state index contributed by atoms with van der Waals surface area (Å²) in [5.74, 6) is 0. The number of carbonyl (C=O) groups excluding carboxylic acids is 1. The van der Waals surface area contributed by atoms with Crippen molar-refractivity contribution in [2.45, 2.75) is 51.9 Å². The quantitative estimate of drug-likeness (QED) is 0.746. The van der Waals surface area contributed by atoms with Gasteiger partial charge in [0.05, 0.1) is 6.42 Å². The molecule has 0 aromatic rings. The van der Waals surface area contributed by atoms with Gasteiger partial charge in [-0.05, 0) is 27.7 Å². The Morgan fingerprint density at radius 3 is 2.07 bits per heavy atom. The first kappa shape index (κ1) is 14.1. The van der Waals surface area contributed by atoms with Crippen LogP contribution in [0.2, 0.25) is 0 Å². The zero-order chi connectivity index (χ0) is 12.3. The zero-order valence-electron chi connectivity index (χ0n) is 9.33. The molecule has 2 amide bonds. The highest BCUT2D eigenvalue weighted by molar-refractivity contribution is 5.74. The first-order valence-electron chi connectivity index (χ1n) is 4.65. The van der Waals surface area contributed by atoms with Crippen LogP contribution in [0.5, 0.6) is 0 Å². The fourth-order valence-corrected chi connectivity index (χ4v) is 0.999.